The van der Waals surface area contributed by atoms with Crippen molar-refractivity contribution in [1.29, 1.82) is 0 Å². The Labute approximate surface area is 136 Å². The summed E-state index contributed by atoms with van der Waals surface area (Å²) in [5, 5.41) is 53.9. The van der Waals surface area contributed by atoms with E-state index in [-0.39, 0.29) is 15.9 Å². The molecule has 0 amide bonds. The Morgan fingerprint density at radius 1 is 1.05 bits per heavy atom. The van der Waals surface area contributed by atoms with Crippen molar-refractivity contribution in [1.82, 2.24) is 10.9 Å². The Balaban J connectivity index is 5.13. The molecule has 0 saturated carbocycles. The van der Waals surface area contributed by atoms with Crippen molar-refractivity contribution in [3.05, 3.63) is 0 Å². The van der Waals surface area contributed by atoms with E-state index in [2.05, 4.69) is 45.5 Å². The zero-order valence-electron chi connectivity index (χ0n) is 11.2. The summed E-state index contributed by atoms with van der Waals surface area (Å²) in [4.78, 5) is 0. The van der Waals surface area contributed by atoms with Gasteiger partial charge < -0.3 is 37.0 Å². The van der Waals surface area contributed by atoms with E-state index < -0.39 is 31.0 Å². The van der Waals surface area contributed by atoms with Crippen molar-refractivity contribution < 1.29 is 25.5 Å². The van der Waals surface area contributed by atoms with Crippen LogP contribution in [0, 0.1) is 0 Å². The minimum Gasteiger partial charge on any atom is -0.394 e. The Hall–Kier alpha value is -1.48. The second-order valence-corrected chi connectivity index (χ2v) is 4.80. The van der Waals surface area contributed by atoms with Crippen LogP contribution in [-0.2, 0) is 0 Å². The van der Waals surface area contributed by atoms with Crippen LogP contribution in [-0.4, -0.2) is 78.7 Å². The summed E-state index contributed by atoms with van der Waals surface area (Å²) in [5.74, 6) is 0. The number of hydrazone groups is 2. The van der Waals surface area contributed by atoms with Gasteiger partial charge in [0.2, 0.25) is 0 Å². The Bertz CT molecular complexity index is 448. The van der Waals surface area contributed by atoms with Gasteiger partial charge in [0.05, 0.1) is 12.8 Å². The summed E-state index contributed by atoms with van der Waals surface area (Å²) in [6.07, 6.45) is -6.26. The van der Waals surface area contributed by atoms with Gasteiger partial charge in [-0.1, -0.05) is 0 Å². The maximum Gasteiger partial charge on any atom is 0.184 e. The smallest absolute Gasteiger partial charge is 0.184 e. The fraction of sp³-hybridized carbons (Fsp3) is 0.556. The van der Waals surface area contributed by atoms with Crippen LogP contribution < -0.4 is 22.3 Å². The summed E-state index contributed by atoms with van der Waals surface area (Å²) in [5.41, 5.74) is 14.3. The van der Waals surface area contributed by atoms with Crippen LogP contribution in [0.4, 0.5) is 0 Å². The van der Waals surface area contributed by atoms with Gasteiger partial charge in [-0.25, -0.2) is 0 Å². The summed E-state index contributed by atoms with van der Waals surface area (Å²) in [6, 6.07) is 0. The number of nitrogens with zero attached hydrogens (tertiary/aromatic N) is 2. The van der Waals surface area contributed by atoms with Gasteiger partial charge >= 0.3 is 0 Å². The zero-order chi connectivity index (χ0) is 17.3. The lowest BCUT2D eigenvalue weighted by molar-refractivity contribution is -0.100. The minimum atomic E-state index is -1.88. The first kappa shape index (κ1) is 20.5. The molecular formula is C9H18N6O5S2. The molecule has 0 fully saturated rings. The fourth-order valence-corrected chi connectivity index (χ4v) is 1.25. The zero-order valence-corrected chi connectivity index (χ0v) is 12.8. The lowest BCUT2D eigenvalue weighted by atomic mass is 10.0. The monoisotopic (exact) mass is 354 g/mol. The molecule has 11 N–H and O–H groups in total. The first-order valence-corrected chi connectivity index (χ1v) is 6.57. The Morgan fingerprint density at radius 2 is 1.59 bits per heavy atom. The molecule has 126 valence electrons. The molecule has 13 heteroatoms. The van der Waals surface area contributed by atoms with E-state index in [0.29, 0.717) is 0 Å². The van der Waals surface area contributed by atoms with Gasteiger partial charge in [0, 0.05) is 0 Å². The molecule has 0 rings (SSSR count). The van der Waals surface area contributed by atoms with Crippen molar-refractivity contribution in [3.8, 4) is 0 Å². The van der Waals surface area contributed by atoms with Crippen molar-refractivity contribution in [2.24, 2.45) is 21.7 Å². The third-order valence-electron chi connectivity index (χ3n) is 2.22. The number of aliphatic hydroxyl groups excluding tert-OH is 5. The molecule has 4 atom stereocenters. The molecule has 0 spiro atoms. The molecule has 0 aromatic carbocycles. The largest absolute Gasteiger partial charge is 0.394 e. The highest BCUT2D eigenvalue weighted by atomic mass is 32.1. The van der Waals surface area contributed by atoms with Gasteiger partial charge in [-0.3, -0.25) is 10.9 Å². The number of thiocarbonyl (C=S) groups is 2. The molecule has 11 nitrogen and oxygen atoms in total. The fourth-order valence-electron chi connectivity index (χ4n) is 1.15. The molecule has 22 heavy (non-hydrogen) atoms. The lowest BCUT2D eigenvalue weighted by Crippen LogP contribution is -2.49. The molecular weight excluding hydrogens is 336 g/mol. The summed E-state index contributed by atoms with van der Waals surface area (Å²) >= 11 is 9.03. The van der Waals surface area contributed by atoms with Crippen molar-refractivity contribution in [3.63, 3.8) is 0 Å². The van der Waals surface area contributed by atoms with Crippen LogP contribution in [0.5, 0.6) is 0 Å². The summed E-state index contributed by atoms with van der Waals surface area (Å²) < 4.78 is 0. The quantitative estimate of drug-likeness (QED) is 0.115. The molecule has 0 aromatic heterocycles. The average molecular weight is 354 g/mol. The van der Waals surface area contributed by atoms with E-state index in [0.717, 1.165) is 6.21 Å². The molecule has 0 aliphatic rings. The summed E-state index contributed by atoms with van der Waals surface area (Å²) in [6.45, 7) is -0.820. The van der Waals surface area contributed by atoms with Gasteiger partial charge in [-0.2, -0.15) is 10.2 Å². The highest BCUT2D eigenvalue weighted by molar-refractivity contribution is 7.80. The third-order valence-corrected chi connectivity index (χ3v) is 2.41. The van der Waals surface area contributed by atoms with Crippen molar-refractivity contribution >= 4 is 46.6 Å². The standard InChI is InChI=1S/C9H18N6O5S2/c10-8(21)14-12-1-3(13-15-9(11)22)5(18)7(20)6(19)4(17)2-16/h1,4-7,16-20H,2H2,(H3,10,14,21)(H3,11,15,22). The van der Waals surface area contributed by atoms with Crippen LogP contribution in [0.3, 0.4) is 0 Å². The highest BCUT2D eigenvalue weighted by Crippen LogP contribution is 2.06. The third kappa shape index (κ3) is 7.51. The maximum atomic E-state index is 9.93. The molecule has 4 unspecified atom stereocenters. The number of nitrogens with one attached hydrogen (secondary N) is 2. The van der Waals surface area contributed by atoms with Crippen LogP contribution in [0.15, 0.2) is 10.2 Å². The van der Waals surface area contributed by atoms with E-state index >= 15 is 0 Å². The number of hydrogen-bond acceptors (Lipinski definition) is 9. The predicted molar refractivity (Wildman–Crippen MR) is 86.9 cm³/mol. The molecule has 0 aliphatic carbocycles. The molecule has 0 heterocycles. The number of nitrogens with two attached hydrogens (primary N) is 2. The van der Waals surface area contributed by atoms with Gasteiger partial charge in [0.25, 0.3) is 0 Å². The number of rotatable bonds is 8. The molecule has 0 saturated heterocycles. The molecule has 0 aliphatic heterocycles. The van der Waals surface area contributed by atoms with Crippen molar-refractivity contribution in [2.75, 3.05) is 6.61 Å². The van der Waals surface area contributed by atoms with Crippen LogP contribution in [0.1, 0.15) is 0 Å². The van der Waals surface area contributed by atoms with Gasteiger partial charge in [0.15, 0.2) is 10.2 Å². The predicted octanol–water partition coefficient (Wildman–Crippen LogP) is -4.57. The van der Waals surface area contributed by atoms with E-state index in [9.17, 15) is 20.4 Å². The lowest BCUT2D eigenvalue weighted by Gasteiger charge is -2.25. The van der Waals surface area contributed by atoms with Crippen LogP contribution in [0.25, 0.3) is 0 Å². The Morgan fingerprint density at radius 3 is 2.05 bits per heavy atom. The Kier molecular flexibility index (Phi) is 9.59. The van der Waals surface area contributed by atoms with Crippen LogP contribution in [0.2, 0.25) is 0 Å². The van der Waals surface area contributed by atoms with Crippen molar-refractivity contribution in [2.45, 2.75) is 24.4 Å². The van der Waals surface area contributed by atoms with E-state index in [1.54, 1.807) is 0 Å². The topological polar surface area (TPSA) is 202 Å². The summed E-state index contributed by atoms with van der Waals surface area (Å²) in [7, 11) is 0. The number of hydrogen-bond donors (Lipinski definition) is 9. The number of aliphatic hydroxyl groups is 5. The molecule has 0 aromatic rings. The SMILES string of the molecule is NC(=S)NN=CC(=NNC(N)=S)C(O)C(O)C(O)C(O)CO. The second kappa shape index (κ2) is 10.3. The molecule has 0 radical (unpaired) electrons. The second-order valence-electron chi connectivity index (χ2n) is 3.92. The first-order chi connectivity index (χ1) is 10.2. The van der Waals surface area contributed by atoms with Crippen LogP contribution >= 0.6 is 24.4 Å². The normalized spacial score (nSPS) is 17.6. The van der Waals surface area contributed by atoms with Gasteiger partial charge in [-0.15, -0.1) is 0 Å². The maximum absolute atomic E-state index is 9.93. The highest BCUT2D eigenvalue weighted by Gasteiger charge is 2.32. The minimum absolute atomic E-state index is 0.163. The van der Waals surface area contributed by atoms with E-state index in [4.69, 9.17) is 16.6 Å². The molecule has 0 bridgehead atoms. The first-order valence-electron chi connectivity index (χ1n) is 5.75. The van der Waals surface area contributed by atoms with Gasteiger partial charge in [-0.05, 0) is 24.4 Å². The van der Waals surface area contributed by atoms with Gasteiger partial charge in [0.1, 0.15) is 30.1 Å². The average Bonchev–Trinajstić information content (AvgIpc) is 2.46. The van der Waals surface area contributed by atoms with E-state index in [1.165, 1.54) is 0 Å². The van der Waals surface area contributed by atoms with E-state index in [1.807, 2.05) is 0 Å².